The molecule has 22 heavy (non-hydrogen) atoms. The van der Waals surface area contributed by atoms with Crippen LogP contribution in [0.1, 0.15) is 70.8 Å². The standard InChI is InChI=1S/C20H32BBr/c1-3-5-7-12-16-21(17-13-8-6-4-2)20(22)18-19-14-10-9-11-15-19/h9-11,14-15,18H,3-8,12-13,16-17H2,1-2H3/b20-18-. The maximum Gasteiger partial charge on any atom is 0.185 e. The summed E-state index contributed by atoms with van der Waals surface area (Å²) in [5.74, 6) is 0. The maximum atomic E-state index is 3.88. The van der Waals surface area contributed by atoms with Crippen LogP contribution in [0.5, 0.6) is 0 Å². The summed E-state index contributed by atoms with van der Waals surface area (Å²) < 4.78 is 1.40. The Morgan fingerprint density at radius 2 is 1.41 bits per heavy atom. The Morgan fingerprint density at radius 3 is 1.91 bits per heavy atom. The smallest absolute Gasteiger partial charge is 0.0692 e. The van der Waals surface area contributed by atoms with Gasteiger partial charge in [-0.2, -0.15) is 0 Å². The molecule has 0 unspecified atom stereocenters. The lowest BCUT2D eigenvalue weighted by Gasteiger charge is -2.13. The third-order valence-corrected chi connectivity index (χ3v) is 5.18. The van der Waals surface area contributed by atoms with E-state index in [0.717, 1.165) is 0 Å². The summed E-state index contributed by atoms with van der Waals surface area (Å²) in [6, 6.07) is 10.7. The molecule has 0 aliphatic rings. The van der Waals surface area contributed by atoms with Crippen molar-refractivity contribution in [3.05, 3.63) is 40.3 Å². The van der Waals surface area contributed by atoms with Crippen molar-refractivity contribution < 1.29 is 0 Å². The van der Waals surface area contributed by atoms with Crippen molar-refractivity contribution in [3.8, 4) is 0 Å². The van der Waals surface area contributed by atoms with Crippen LogP contribution in [0.4, 0.5) is 0 Å². The molecule has 0 spiro atoms. The average molecular weight is 363 g/mol. The lowest BCUT2D eigenvalue weighted by Crippen LogP contribution is -2.13. The van der Waals surface area contributed by atoms with Crippen molar-refractivity contribution in [1.82, 2.24) is 0 Å². The van der Waals surface area contributed by atoms with Crippen LogP contribution in [0, 0.1) is 0 Å². The zero-order valence-corrected chi connectivity index (χ0v) is 16.1. The third kappa shape index (κ3) is 8.83. The average Bonchev–Trinajstić information content (AvgIpc) is 2.54. The van der Waals surface area contributed by atoms with Gasteiger partial charge in [-0.25, -0.2) is 0 Å². The predicted octanol–water partition coefficient (Wildman–Crippen LogP) is 7.62. The van der Waals surface area contributed by atoms with E-state index in [4.69, 9.17) is 0 Å². The summed E-state index contributed by atoms with van der Waals surface area (Å²) in [6.07, 6.45) is 15.9. The van der Waals surface area contributed by atoms with Crippen LogP contribution >= 0.6 is 15.9 Å². The molecule has 0 bridgehead atoms. The lowest BCUT2D eigenvalue weighted by molar-refractivity contribution is 0.687. The zero-order valence-electron chi connectivity index (χ0n) is 14.5. The second-order valence-corrected chi connectivity index (χ2v) is 7.25. The molecule has 0 nitrogen and oxygen atoms in total. The van der Waals surface area contributed by atoms with Gasteiger partial charge in [0, 0.05) is 0 Å². The number of unbranched alkanes of at least 4 members (excludes halogenated alkanes) is 6. The molecule has 1 aromatic carbocycles. The summed E-state index contributed by atoms with van der Waals surface area (Å²) in [5.41, 5.74) is 1.31. The Morgan fingerprint density at radius 1 is 0.864 bits per heavy atom. The van der Waals surface area contributed by atoms with E-state index in [2.05, 4.69) is 66.2 Å². The summed E-state index contributed by atoms with van der Waals surface area (Å²) in [5, 5.41) is 0. The van der Waals surface area contributed by atoms with E-state index in [1.54, 1.807) is 0 Å². The van der Waals surface area contributed by atoms with Crippen LogP contribution in [0.15, 0.2) is 34.7 Å². The quantitative estimate of drug-likeness (QED) is 0.265. The molecule has 0 atom stereocenters. The normalized spacial score (nSPS) is 11.7. The second-order valence-electron chi connectivity index (χ2n) is 6.34. The SMILES string of the molecule is CCCCCCB(CCCCCC)/C(Br)=C/c1ccccc1. The topological polar surface area (TPSA) is 0 Å². The highest BCUT2D eigenvalue weighted by atomic mass is 79.9. The maximum absolute atomic E-state index is 3.88. The van der Waals surface area contributed by atoms with Crippen LogP contribution in [-0.4, -0.2) is 6.71 Å². The van der Waals surface area contributed by atoms with Gasteiger partial charge in [0.15, 0.2) is 6.71 Å². The Balaban J connectivity index is 2.55. The minimum atomic E-state index is 0.703. The minimum Gasteiger partial charge on any atom is -0.0692 e. The van der Waals surface area contributed by atoms with E-state index in [1.165, 1.54) is 74.0 Å². The van der Waals surface area contributed by atoms with Gasteiger partial charge in [0.1, 0.15) is 0 Å². The molecule has 122 valence electrons. The first-order chi connectivity index (χ1) is 10.8. The molecule has 0 aromatic heterocycles. The number of rotatable bonds is 12. The first-order valence-electron chi connectivity index (χ1n) is 9.20. The van der Waals surface area contributed by atoms with Crippen molar-refractivity contribution in [2.45, 2.75) is 77.9 Å². The third-order valence-electron chi connectivity index (χ3n) is 4.31. The summed E-state index contributed by atoms with van der Waals surface area (Å²) >= 11 is 3.88. The van der Waals surface area contributed by atoms with Gasteiger partial charge in [-0.05, 0) is 9.95 Å². The highest BCUT2D eigenvalue weighted by Crippen LogP contribution is 2.25. The Kier molecular flexibility index (Phi) is 11.5. The van der Waals surface area contributed by atoms with E-state index in [1.807, 2.05) is 0 Å². The molecular weight excluding hydrogens is 331 g/mol. The van der Waals surface area contributed by atoms with Gasteiger partial charge in [-0.1, -0.05) is 130 Å². The summed E-state index contributed by atoms with van der Waals surface area (Å²) in [4.78, 5) is 0. The van der Waals surface area contributed by atoms with Crippen LogP contribution in [0.25, 0.3) is 6.08 Å². The zero-order chi connectivity index (χ0) is 16.0. The molecule has 0 aliphatic heterocycles. The van der Waals surface area contributed by atoms with Gasteiger partial charge in [0.25, 0.3) is 0 Å². The lowest BCUT2D eigenvalue weighted by atomic mass is 9.43. The fourth-order valence-corrected chi connectivity index (χ4v) is 3.60. The van der Waals surface area contributed by atoms with Crippen LogP contribution in [0.3, 0.4) is 0 Å². The van der Waals surface area contributed by atoms with Gasteiger partial charge in [-0.15, -0.1) is 0 Å². The second kappa shape index (κ2) is 13.0. The highest BCUT2D eigenvalue weighted by molar-refractivity contribution is 9.12. The summed E-state index contributed by atoms with van der Waals surface area (Å²) in [6.45, 7) is 5.27. The van der Waals surface area contributed by atoms with E-state index in [9.17, 15) is 0 Å². The molecule has 1 aromatic rings. The molecular formula is C20H32BBr. The van der Waals surface area contributed by atoms with Crippen molar-refractivity contribution in [3.63, 3.8) is 0 Å². The molecule has 0 amide bonds. The van der Waals surface area contributed by atoms with Gasteiger partial charge in [0.2, 0.25) is 0 Å². The Hall–Kier alpha value is -0.495. The van der Waals surface area contributed by atoms with Gasteiger partial charge in [0.05, 0.1) is 0 Å². The molecule has 2 heteroatoms. The van der Waals surface area contributed by atoms with Crippen molar-refractivity contribution in [1.29, 1.82) is 0 Å². The van der Waals surface area contributed by atoms with Gasteiger partial charge >= 0.3 is 0 Å². The molecule has 0 heterocycles. The molecule has 1 rings (SSSR count). The van der Waals surface area contributed by atoms with E-state index < -0.39 is 0 Å². The molecule has 0 N–H and O–H groups in total. The first-order valence-corrected chi connectivity index (χ1v) is 9.99. The number of hydrogen-bond acceptors (Lipinski definition) is 0. The Labute approximate surface area is 147 Å². The first kappa shape index (κ1) is 19.6. The fraction of sp³-hybridized carbons (Fsp3) is 0.600. The molecule has 0 saturated carbocycles. The van der Waals surface area contributed by atoms with E-state index in [0.29, 0.717) is 6.71 Å². The van der Waals surface area contributed by atoms with Crippen LogP contribution < -0.4 is 0 Å². The van der Waals surface area contributed by atoms with Crippen molar-refractivity contribution >= 4 is 28.7 Å². The fourth-order valence-electron chi connectivity index (χ4n) is 2.88. The minimum absolute atomic E-state index is 0.703. The number of benzene rings is 1. The highest BCUT2D eigenvalue weighted by Gasteiger charge is 2.16. The summed E-state index contributed by atoms with van der Waals surface area (Å²) in [7, 11) is 0. The van der Waals surface area contributed by atoms with Crippen molar-refractivity contribution in [2.75, 3.05) is 0 Å². The molecule has 0 saturated heterocycles. The van der Waals surface area contributed by atoms with E-state index in [-0.39, 0.29) is 0 Å². The van der Waals surface area contributed by atoms with Gasteiger partial charge < -0.3 is 0 Å². The monoisotopic (exact) mass is 362 g/mol. The largest absolute Gasteiger partial charge is 0.185 e. The van der Waals surface area contributed by atoms with Crippen molar-refractivity contribution in [2.24, 2.45) is 0 Å². The molecule has 0 aliphatic carbocycles. The van der Waals surface area contributed by atoms with Crippen LogP contribution in [-0.2, 0) is 0 Å². The number of hydrogen-bond donors (Lipinski definition) is 0. The molecule has 0 radical (unpaired) electrons. The number of halogens is 1. The van der Waals surface area contributed by atoms with E-state index >= 15 is 0 Å². The van der Waals surface area contributed by atoms with Crippen LogP contribution in [0.2, 0.25) is 12.6 Å². The predicted molar refractivity (Wildman–Crippen MR) is 107 cm³/mol. The Bertz CT molecular complexity index is 387. The van der Waals surface area contributed by atoms with Gasteiger partial charge in [-0.3, -0.25) is 0 Å². The molecule has 0 fully saturated rings.